The standard InChI is InChI=1S/C13H27.C5H5.2ClH.Zr/c1-6-7-12(4)8-9-13(5)10-11(2)3;1-2-4-5-3-1;;;/h11-13H,2,6-10H2,1,3-5H3;1-5H;2*1H;/q2*-1;;;+4/p-2. The van der Waals surface area contributed by atoms with Gasteiger partial charge in [0, 0.05) is 0 Å². The van der Waals surface area contributed by atoms with E-state index >= 15 is 0 Å². The summed E-state index contributed by atoms with van der Waals surface area (Å²) in [7, 11) is 0. The fourth-order valence-corrected chi connectivity index (χ4v) is 2.33. The molecule has 3 atom stereocenters. The van der Waals surface area contributed by atoms with E-state index in [4.69, 9.17) is 0 Å². The summed E-state index contributed by atoms with van der Waals surface area (Å²) in [6.45, 7) is 13.3. The van der Waals surface area contributed by atoms with Gasteiger partial charge >= 0.3 is 26.2 Å². The van der Waals surface area contributed by atoms with Crippen molar-refractivity contribution in [1.82, 2.24) is 0 Å². The van der Waals surface area contributed by atoms with Crippen molar-refractivity contribution in [2.75, 3.05) is 0 Å². The zero-order valence-electron chi connectivity index (χ0n) is 14.1. The molecule has 0 amide bonds. The molecular weight excluding hydrogens is 378 g/mol. The molecule has 3 heteroatoms. The van der Waals surface area contributed by atoms with Crippen molar-refractivity contribution < 1.29 is 51.0 Å². The molecule has 0 fully saturated rings. The average molecular weight is 411 g/mol. The molecule has 0 aliphatic carbocycles. The topological polar surface area (TPSA) is 0 Å². The molecule has 0 aromatic heterocycles. The minimum atomic E-state index is 0. The molecule has 3 unspecified atom stereocenters. The van der Waals surface area contributed by atoms with Gasteiger partial charge < -0.3 is 31.7 Å². The van der Waals surface area contributed by atoms with Crippen molar-refractivity contribution in [3.63, 3.8) is 0 Å². The van der Waals surface area contributed by atoms with Gasteiger partial charge in [0.1, 0.15) is 0 Å². The molecular formula is C18H32Cl2Zr. The maximum Gasteiger partial charge on any atom is 4.00 e. The molecule has 1 rings (SSSR count). The van der Waals surface area contributed by atoms with Crippen LogP contribution in [0, 0.1) is 24.7 Å². The van der Waals surface area contributed by atoms with E-state index in [0.29, 0.717) is 5.92 Å². The summed E-state index contributed by atoms with van der Waals surface area (Å²) in [5, 5.41) is 0. The van der Waals surface area contributed by atoms with E-state index < -0.39 is 0 Å². The largest absolute Gasteiger partial charge is 4.00 e. The molecule has 0 N–H and O–H groups in total. The van der Waals surface area contributed by atoms with Crippen LogP contribution in [-0.4, -0.2) is 0 Å². The van der Waals surface area contributed by atoms with Gasteiger partial charge in [-0.2, -0.15) is 24.1 Å². The Balaban J connectivity index is -0.000000154. The van der Waals surface area contributed by atoms with E-state index in [-0.39, 0.29) is 51.0 Å². The molecule has 0 bridgehead atoms. The van der Waals surface area contributed by atoms with Gasteiger partial charge in [-0.1, -0.05) is 59.8 Å². The fraction of sp³-hybridized carbons (Fsp3) is 0.667. The van der Waals surface area contributed by atoms with Gasteiger partial charge in [-0.3, -0.25) is 0 Å². The molecule has 1 aromatic carbocycles. The normalized spacial score (nSPS) is 13.2. The van der Waals surface area contributed by atoms with E-state index in [2.05, 4.69) is 34.6 Å². The third-order valence-electron chi connectivity index (χ3n) is 3.29. The van der Waals surface area contributed by atoms with E-state index in [9.17, 15) is 0 Å². The molecule has 0 nitrogen and oxygen atoms in total. The first kappa shape index (κ1) is 29.8. The van der Waals surface area contributed by atoms with Crippen LogP contribution in [0.1, 0.15) is 59.8 Å². The predicted octanol–water partition coefficient (Wildman–Crippen LogP) is 0.110. The molecule has 0 spiro atoms. The molecule has 21 heavy (non-hydrogen) atoms. The Labute approximate surface area is 165 Å². The van der Waals surface area contributed by atoms with Gasteiger partial charge in [0.05, 0.1) is 0 Å². The Morgan fingerprint density at radius 1 is 0.905 bits per heavy atom. The third kappa shape index (κ3) is 23.2. The summed E-state index contributed by atoms with van der Waals surface area (Å²) < 4.78 is 0. The van der Waals surface area contributed by atoms with Crippen LogP contribution in [0.2, 0.25) is 0 Å². The molecule has 0 heterocycles. The first-order valence-electron chi connectivity index (χ1n) is 7.56. The summed E-state index contributed by atoms with van der Waals surface area (Å²) in [5.74, 6) is 2.41. The van der Waals surface area contributed by atoms with E-state index in [1.165, 1.54) is 32.1 Å². The molecule has 0 radical (unpaired) electrons. The summed E-state index contributed by atoms with van der Waals surface area (Å²) in [6.07, 6.45) is 6.82. The van der Waals surface area contributed by atoms with Crippen molar-refractivity contribution in [3.8, 4) is 0 Å². The van der Waals surface area contributed by atoms with Crippen LogP contribution in [0.3, 0.4) is 0 Å². The summed E-state index contributed by atoms with van der Waals surface area (Å²) in [4.78, 5) is 0. The molecule has 1 aromatic rings. The first-order chi connectivity index (χ1) is 8.56. The van der Waals surface area contributed by atoms with Crippen LogP contribution in [0.15, 0.2) is 30.3 Å². The summed E-state index contributed by atoms with van der Waals surface area (Å²) in [5.41, 5.74) is 0. The van der Waals surface area contributed by atoms with Gasteiger partial charge in [-0.15, -0.1) is 0 Å². The van der Waals surface area contributed by atoms with Crippen LogP contribution in [0.5, 0.6) is 0 Å². The van der Waals surface area contributed by atoms with Crippen LogP contribution in [-0.2, 0) is 26.2 Å². The molecule has 0 saturated carbocycles. The Kier molecular flexibility index (Phi) is 29.5. The van der Waals surface area contributed by atoms with E-state index in [1.807, 2.05) is 30.3 Å². The quantitative estimate of drug-likeness (QED) is 0.560. The molecule has 0 aliphatic rings. The minimum absolute atomic E-state index is 0. The Bertz CT molecular complexity index is 231. The maximum absolute atomic E-state index is 4.04. The number of hydrogen-bond acceptors (Lipinski definition) is 0. The zero-order valence-corrected chi connectivity index (χ0v) is 18.1. The number of rotatable bonds is 7. The molecule has 122 valence electrons. The third-order valence-corrected chi connectivity index (χ3v) is 3.29. The van der Waals surface area contributed by atoms with Gasteiger partial charge in [0.25, 0.3) is 0 Å². The van der Waals surface area contributed by atoms with Crippen molar-refractivity contribution in [3.05, 3.63) is 37.3 Å². The zero-order chi connectivity index (χ0) is 13.8. The monoisotopic (exact) mass is 408 g/mol. The Morgan fingerprint density at radius 3 is 1.71 bits per heavy atom. The second-order valence-electron chi connectivity index (χ2n) is 5.88. The second-order valence-corrected chi connectivity index (χ2v) is 5.88. The van der Waals surface area contributed by atoms with Crippen molar-refractivity contribution >= 4 is 0 Å². The number of halogens is 2. The van der Waals surface area contributed by atoms with Crippen LogP contribution in [0.25, 0.3) is 0 Å². The predicted molar refractivity (Wildman–Crippen MR) is 83.6 cm³/mol. The van der Waals surface area contributed by atoms with Gasteiger partial charge in [-0.05, 0) is 11.8 Å². The van der Waals surface area contributed by atoms with Crippen molar-refractivity contribution in [2.45, 2.75) is 59.8 Å². The Hall–Kier alpha value is 0.813. The molecule has 0 saturated heterocycles. The van der Waals surface area contributed by atoms with Crippen molar-refractivity contribution in [2.24, 2.45) is 17.8 Å². The van der Waals surface area contributed by atoms with Crippen LogP contribution >= 0.6 is 0 Å². The minimum Gasteiger partial charge on any atom is -1.00 e. The fourth-order valence-electron chi connectivity index (χ4n) is 2.33. The SMILES string of the molecule is [CH2-]C(C)CC(C)CCC(C)CCC.[Cl-].[Cl-].[Zr+4].c1cc[cH-]c1. The Morgan fingerprint density at radius 2 is 1.38 bits per heavy atom. The van der Waals surface area contributed by atoms with Crippen LogP contribution < -0.4 is 24.8 Å². The smallest absolute Gasteiger partial charge is 1.00 e. The first-order valence-corrected chi connectivity index (χ1v) is 7.56. The molecule has 0 aliphatic heterocycles. The average Bonchev–Trinajstić information content (AvgIpc) is 2.84. The van der Waals surface area contributed by atoms with Gasteiger partial charge in [0.2, 0.25) is 0 Å². The summed E-state index contributed by atoms with van der Waals surface area (Å²) in [6, 6.07) is 10.0. The van der Waals surface area contributed by atoms with Gasteiger partial charge in [0.15, 0.2) is 0 Å². The van der Waals surface area contributed by atoms with Gasteiger partial charge in [-0.25, -0.2) is 12.1 Å². The van der Waals surface area contributed by atoms with Crippen LogP contribution in [0.4, 0.5) is 0 Å². The maximum atomic E-state index is 4.04. The van der Waals surface area contributed by atoms with Crippen molar-refractivity contribution in [1.29, 1.82) is 0 Å². The van der Waals surface area contributed by atoms with E-state index in [1.54, 1.807) is 0 Å². The summed E-state index contributed by atoms with van der Waals surface area (Å²) >= 11 is 0. The second kappa shape index (κ2) is 20.8. The number of hydrogen-bond donors (Lipinski definition) is 0. The van der Waals surface area contributed by atoms with E-state index in [0.717, 1.165) is 11.8 Å².